The molecule has 59 heavy (non-hydrogen) atoms. The SMILES string of the molecule is CCC(C)(CC)n1nnc2c1-c1ccccc1N(C(=O)CCC(=O)NCC(=O)NCC(=O)N[C@H](C(=O)N[C@@H](C)C(=O)Nc1ccc(CO)cc1)C(C)C)c1ccccc1-2. The molecule has 3 aromatic carbocycles. The number of hydrogen-bond acceptors (Lipinski definition) is 9. The van der Waals surface area contributed by atoms with E-state index in [1.54, 1.807) is 43.0 Å². The lowest BCUT2D eigenvalue weighted by molar-refractivity contribution is -0.132. The number of para-hydroxylation sites is 2. The molecule has 2 heterocycles. The van der Waals surface area contributed by atoms with Crippen LogP contribution in [0.5, 0.6) is 0 Å². The summed E-state index contributed by atoms with van der Waals surface area (Å²) in [6.45, 7) is 10.3. The molecule has 5 rings (SSSR count). The molecule has 0 aliphatic carbocycles. The largest absolute Gasteiger partial charge is 0.392 e. The number of aliphatic hydroxyl groups excluding tert-OH is 1. The molecule has 6 amide bonds. The van der Waals surface area contributed by atoms with Gasteiger partial charge in [0.15, 0.2) is 0 Å². The number of fused-ring (bicyclic) bond motifs is 5. The van der Waals surface area contributed by atoms with Gasteiger partial charge in [0.1, 0.15) is 17.8 Å². The Bertz CT molecular complexity index is 2180. The molecule has 0 unspecified atom stereocenters. The summed E-state index contributed by atoms with van der Waals surface area (Å²) in [5.41, 5.74) is 5.10. The zero-order valence-corrected chi connectivity index (χ0v) is 34.3. The van der Waals surface area contributed by atoms with Crippen LogP contribution < -0.4 is 31.5 Å². The highest BCUT2D eigenvalue weighted by atomic mass is 16.3. The van der Waals surface area contributed by atoms with E-state index in [4.69, 9.17) is 0 Å². The Hall–Kier alpha value is -6.42. The van der Waals surface area contributed by atoms with Crippen molar-refractivity contribution in [1.82, 2.24) is 36.3 Å². The Morgan fingerprint density at radius 3 is 1.95 bits per heavy atom. The molecule has 1 aromatic heterocycles. The Morgan fingerprint density at radius 2 is 1.32 bits per heavy atom. The Morgan fingerprint density at radius 1 is 0.729 bits per heavy atom. The van der Waals surface area contributed by atoms with E-state index in [0.29, 0.717) is 28.3 Å². The van der Waals surface area contributed by atoms with E-state index in [2.05, 4.69) is 57.7 Å². The minimum absolute atomic E-state index is 0.133. The number of anilines is 3. The van der Waals surface area contributed by atoms with Crippen LogP contribution in [-0.4, -0.2) is 80.7 Å². The first kappa shape index (κ1) is 43.7. The molecule has 0 saturated heterocycles. The predicted octanol–water partition coefficient (Wildman–Crippen LogP) is 3.91. The number of amides is 6. The van der Waals surface area contributed by atoms with Crippen LogP contribution in [-0.2, 0) is 40.9 Å². The molecular formula is C43H53N9O7. The Balaban J connectivity index is 1.13. The van der Waals surface area contributed by atoms with E-state index in [1.807, 2.05) is 53.2 Å². The van der Waals surface area contributed by atoms with Gasteiger partial charge in [0.25, 0.3) is 0 Å². The third-order valence-corrected chi connectivity index (χ3v) is 10.6. The van der Waals surface area contributed by atoms with Crippen molar-refractivity contribution in [3.8, 4) is 22.5 Å². The van der Waals surface area contributed by atoms with Crippen molar-refractivity contribution < 1.29 is 33.9 Å². The van der Waals surface area contributed by atoms with E-state index in [-0.39, 0.29) is 36.8 Å². The summed E-state index contributed by atoms with van der Waals surface area (Å²) >= 11 is 0. The van der Waals surface area contributed by atoms with Crippen molar-refractivity contribution in [3.63, 3.8) is 0 Å². The first-order valence-corrected chi connectivity index (χ1v) is 19.8. The standard InChI is InChI=1S/C43H53N9O7/c1-7-43(6,8-2)52-40-31-14-10-12-16-33(31)51(32-15-11-9-13-30(32)39(40)49-50-52)37(57)22-21-34(54)44-23-35(55)45-24-36(56)48-38(26(3)4)42(59)46-27(5)41(58)47-29-19-17-28(25-53)18-20-29/h9-20,26-27,38,53H,7-8,21-25H2,1-6H3,(H,44,54)(H,45,55)(H,46,59)(H,47,58)(H,48,56)/t27-,38-/m0/s1. The van der Waals surface area contributed by atoms with Gasteiger partial charge >= 0.3 is 0 Å². The van der Waals surface area contributed by atoms with Crippen molar-refractivity contribution in [3.05, 3.63) is 78.4 Å². The van der Waals surface area contributed by atoms with Crippen LogP contribution in [0.2, 0.25) is 0 Å². The molecule has 6 N–H and O–H groups in total. The molecule has 1 aliphatic heterocycles. The lowest BCUT2D eigenvalue weighted by Gasteiger charge is -2.29. The molecule has 0 radical (unpaired) electrons. The molecule has 1 aliphatic rings. The number of hydrogen-bond donors (Lipinski definition) is 6. The lowest BCUT2D eigenvalue weighted by atomic mass is 9.94. The smallest absolute Gasteiger partial charge is 0.246 e. The van der Waals surface area contributed by atoms with Crippen LogP contribution >= 0.6 is 0 Å². The van der Waals surface area contributed by atoms with Gasteiger partial charge in [-0.05, 0) is 62.4 Å². The summed E-state index contributed by atoms with van der Waals surface area (Å²) in [5, 5.41) is 31.3. The van der Waals surface area contributed by atoms with Crippen LogP contribution in [0.4, 0.5) is 17.1 Å². The molecule has 0 bridgehead atoms. The molecule has 16 heteroatoms. The molecular weight excluding hydrogens is 755 g/mol. The number of rotatable bonds is 17. The zero-order valence-electron chi connectivity index (χ0n) is 34.3. The summed E-state index contributed by atoms with van der Waals surface area (Å²) in [4.78, 5) is 79.7. The fourth-order valence-electron chi connectivity index (χ4n) is 6.68. The van der Waals surface area contributed by atoms with Crippen molar-refractivity contribution in [2.75, 3.05) is 23.3 Å². The molecule has 0 fully saturated rings. The van der Waals surface area contributed by atoms with Gasteiger partial charge in [-0.1, -0.05) is 81.4 Å². The molecule has 0 spiro atoms. The van der Waals surface area contributed by atoms with Crippen molar-refractivity contribution in [2.24, 2.45) is 5.92 Å². The van der Waals surface area contributed by atoms with Gasteiger partial charge in [0.05, 0.1) is 42.3 Å². The van der Waals surface area contributed by atoms with Gasteiger partial charge in [-0.15, -0.1) is 5.10 Å². The molecule has 4 aromatic rings. The normalized spacial score (nSPS) is 12.8. The average molecular weight is 808 g/mol. The van der Waals surface area contributed by atoms with Crippen molar-refractivity contribution >= 4 is 52.5 Å². The van der Waals surface area contributed by atoms with Gasteiger partial charge in [0.2, 0.25) is 35.4 Å². The second-order valence-electron chi connectivity index (χ2n) is 15.1. The van der Waals surface area contributed by atoms with E-state index in [0.717, 1.165) is 29.7 Å². The highest BCUT2D eigenvalue weighted by Gasteiger charge is 2.36. The molecule has 0 saturated carbocycles. The molecule has 16 nitrogen and oxygen atoms in total. The molecule has 2 atom stereocenters. The summed E-state index contributed by atoms with van der Waals surface area (Å²) in [6.07, 6.45) is 1.27. The minimum Gasteiger partial charge on any atom is -0.392 e. The van der Waals surface area contributed by atoms with Crippen LogP contribution in [0.25, 0.3) is 22.5 Å². The third kappa shape index (κ3) is 10.2. The van der Waals surface area contributed by atoms with Gasteiger partial charge in [-0.3, -0.25) is 33.7 Å². The van der Waals surface area contributed by atoms with E-state index >= 15 is 0 Å². The second-order valence-corrected chi connectivity index (χ2v) is 15.1. The van der Waals surface area contributed by atoms with Gasteiger partial charge in [-0.25, -0.2) is 4.68 Å². The average Bonchev–Trinajstić information content (AvgIpc) is 3.64. The molecule has 312 valence electrons. The number of benzene rings is 3. The third-order valence-electron chi connectivity index (χ3n) is 10.6. The Kier molecular flexibility index (Phi) is 14.3. The summed E-state index contributed by atoms with van der Waals surface area (Å²) in [5.74, 6) is -3.58. The number of aliphatic hydroxyl groups is 1. The minimum atomic E-state index is -1.01. The van der Waals surface area contributed by atoms with Crippen molar-refractivity contribution in [2.45, 2.75) is 91.5 Å². The highest BCUT2D eigenvalue weighted by Crippen LogP contribution is 2.48. The predicted molar refractivity (Wildman–Crippen MR) is 223 cm³/mol. The van der Waals surface area contributed by atoms with Crippen LogP contribution in [0.3, 0.4) is 0 Å². The number of aromatic nitrogens is 3. The monoisotopic (exact) mass is 807 g/mol. The summed E-state index contributed by atoms with van der Waals surface area (Å²) in [6, 6.07) is 19.7. The van der Waals surface area contributed by atoms with E-state index in [9.17, 15) is 33.9 Å². The first-order chi connectivity index (χ1) is 28.2. The quantitative estimate of drug-likeness (QED) is 0.0911. The maximum atomic E-state index is 14.1. The zero-order chi connectivity index (χ0) is 42.9. The van der Waals surface area contributed by atoms with Crippen LogP contribution in [0.15, 0.2) is 72.8 Å². The second kappa shape index (κ2) is 19.4. The maximum Gasteiger partial charge on any atom is 0.246 e. The topological polar surface area (TPSA) is 217 Å². The van der Waals surface area contributed by atoms with Crippen molar-refractivity contribution in [1.29, 1.82) is 0 Å². The van der Waals surface area contributed by atoms with Gasteiger partial charge in [0, 0.05) is 29.7 Å². The summed E-state index contributed by atoms with van der Waals surface area (Å²) < 4.78 is 1.96. The Labute approximate surface area is 343 Å². The van der Waals surface area contributed by atoms with Gasteiger partial charge in [-0.2, -0.15) is 0 Å². The summed E-state index contributed by atoms with van der Waals surface area (Å²) in [7, 11) is 0. The fourth-order valence-corrected chi connectivity index (χ4v) is 6.68. The first-order valence-electron chi connectivity index (χ1n) is 19.8. The van der Waals surface area contributed by atoms with Crippen LogP contribution in [0, 0.1) is 5.92 Å². The number of nitrogens with zero attached hydrogens (tertiary/aromatic N) is 4. The van der Waals surface area contributed by atoms with Gasteiger partial charge < -0.3 is 31.7 Å². The highest BCUT2D eigenvalue weighted by molar-refractivity contribution is 6.10. The number of carbonyl (C=O) groups is 6. The number of nitrogens with one attached hydrogen (secondary N) is 5. The maximum absolute atomic E-state index is 14.1. The van der Waals surface area contributed by atoms with E-state index < -0.39 is 54.7 Å². The number of carbonyl (C=O) groups excluding carboxylic acids is 6. The van der Waals surface area contributed by atoms with E-state index in [1.165, 1.54) is 6.92 Å². The fraction of sp³-hybridized carbons (Fsp3) is 0.395. The van der Waals surface area contributed by atoms with Crippen LogP contribution in [0.1, 0.15) is 72.8 Å². The lowest BCUT2D eigenvalue weighted by Crippen LogP contribution is -2.55.